The predicted molar refractivity (Wildman–Crippen MR) is 68.1 cm³/mol. The lowest BCUT2D eigenvalue weighted by atomic mass is 10.2. The van der Waals surface area contributed by atoms with Gasteiger partial charge in [-0.05, 0) is 37.9 Å². The van der Waals surface area contributed by atoms with Crippen LogP contribution in [0.4, 0.5) is 0 Å². The molecule has 0 amide bonds. The van der Waals surface area contributed by atoms with Gasteiger partial charge in [-0.1, -0.05) is 12.1 Å². The van der Waals surface area contributed by atoms with E-state index >= 15 is 0 Å². The molecule has 1 aliphatic rings. The minimum Gasteiger partial charge on any atom is -0.341 e. The van der Waals surface area contributed by atoms with Crippen molar-refractivity contribution in [1.29, 1.82) is 0 Å². The Morgan fingerprint density at radius 2 is 2.25 bits per heavy atom. The molecular weight excluding hydrogens is 222 g/mol. The molecule has 1 fully saturated rings. The molecule has 2 aromatic rings. The number of nitrogens with one attached hydrogen (secondary N) is 2. The van der Waals surface area contributed by atoms with Crippen molar-refractivity contribution in [3.63, 3.8) is 0 Å². The van der Waals surface area contributed by atoms with Gasteiger partial charge in [-0.15, -0.1) is 12.4 Å². The first-order valence-electron chi connectivity index (χ1n) is 5.53. The molecule has 0 saturated carbocycles. The van der Waals surface area contributed by atoms with E-state index in [-0.39, 0.29) is 12.4 Å². The Bertz CT molecular complexity index is 486. The van der Waals surface area contributed by atoms with Crippen molar-refractivity contribution >= 4 is 23.4 Å². The standard InChI is InChI=1S/C12H15N3.ClH/c1-8-4-2-5-9-11(8)15-12(14-9)10-6-3-7-13-10;/h2,4-5,10,13H,3,6-7H2,1H3,(H,14,15);1H. The van der Waals surface area contributed by atoms with Crippen LogP contribution in [0.2, 0.25) is 0 Å². The molecule has 4 heteroatoms. The van der Waals surface area contributed by atoms with Gasteiger partial charge in [0.15, 0.2) is 0 Å². The van der Waals surface area contributed by atoms with E-state index in [0.717, 1.165) is 23.4 Å². The summed E-state index contributed by atoms with van der Waals surface area (Å²) in [6.07, 6.45) is 2.44. The highest BCUT2D eigenvalue weighted by atomic mass is 35.5. The fourth-order valence-electron chi connectivity index (χ4n) is 2.28. The molecule has 2 heterocycles. The third-order valence-corrected chi connectivity index (χ3v) is 3.12. The van der Waals surface area contributed by atoms with Crippen LogP contribution in [0.5, 0.6) is 0 Å². The zero-order valence-corrected chi connectivity index (χ0v) is 10.1. The fourth-order valence-corrected chi connectivity index (χ4v) is 2.28. The average molecular weight is 238 g/mol. The van der Waals surface area contributed by atoms with Crippen LogP contribution in [-0.2, 0) is 0 Å². The number of hydrogen-bond acceptors (Lipinski definition) is 2. The van der Waals surface area contributed by atoms with Crippen LogP contribution in [0.1, 0.15) is 30.3 Å². The second-order valence-corrected chi connectivity index (χ2v) is 4.24. The van der Waals surface area contributed by atoms with Gasteiger partial charge in [-0.25, -0.2) is 4.98 Å². The molecule has 0 spiro atoms. The third kappa shape index (κ3) is 1.81. The lowest BCUT2D eigenvalue weighted by Crippen LogP contribution is -2.14. The summed E-state index contributed by atoms with van der Waals surface area (Å²) in [4.78, 5) is 8.08. The number of halogens is 1. The molecule has 0 radical (unpaired) electrons. The molecule has 0 aliphatic carbocycles. The Labute approximate surface area is 101 Å². The lowest BCUT2D eigenvalue weighted by Gasteiger charge is -2.04. The van der Waals surface area contributed by atoms with Crippen molar-refractivity contribution in [2.24, 2.45) is 0 Å². The van der Waals surface area contributed by atoms with Gasteiger partial charge in [0.2, 0.25) is 0 Å². The number of benzene rings is 1. The van der Waals surface area contributed by atoms with Gasteiger partial charge in [0.1, 0.15) is 5.82 Å². The summed E-state index contributed by atoms with van der Waals surface area (Å²) in [7, 11) is 0. The maximum atomic E-state index is 4.68. The normalized spacial score (nSPS) is 19.9. The first-order chi connectivity index (χ1) is 7.34. The Hall–Kier alpha value is -1.06. The smallest absolute Gasteiger partial charge is 0.124 e. The number of para-hydroxylation sites is 1. The number of aromatic nitrogens is 2. The zero-order valence-electron chi connectivity index (χ0n) is 9.29. The number of aromatic amines is 1. The Kier molecular flexibility index (Phi) is 3.17. The van der Waals surface area contributed by atoms with Crippen molar-refractivity contribution in [3.05, 3.63) is 29.6 Å². The quantitative estimate of drug-likeness (QED) is 0.801. The maximum absolute atomic E-state index is 4.68. The lowest BCUT2D eigenvalue weighted by molar-refractivity contribution is 0.614. The highest BCUT2D eigenvalue weighted by Gasteiger charge is 2.19. The van der Waals surface area contributed by atoms with Crippen LogP contribution in [0.25, 0.3) is 11.0 Å². The molecule has 1 saturated heterocycles. The van der Waals surface area contributed by atoms with E-state index in [1.807, 2.05) is 0 Å². The second-order valence-electron chi connectivity index (χ2n) is 4.24. The van der Waals surface area contributed by atoms with Gasteiger partial charge in [0.25, 0.3) is 0 Å². The zero-order chi connectivity index (χ0) is 10.3. The number of H-pyrrole nitrogens is 1. The third-order valence-electron chi connectivity index (χ3n) is 3.12. The monoisotopic (exact) mass is 237 g/mol. The highest BCUT2D eigenvalue weighted by Crippen LogP contribution is 2.24. The molecule has 2 N–H and O–H groups in total. The average Bonchev–Trinajstić information content (AvgIpc) is 2.86. The summed E-state index contributed by atoms with van der Waals surface area (Å²) in [5, 5.41) is 3.46. The van der Waals surface area contributed by atoms with E-state index in [1.165, 1.54) is 18.4 Å². The van der Waals surface area contributed by atoms with Crippen molar-refractivity contribution < 1.29 is 0 Å². The summed E-state index contributed by atoms with van der Waals surface area (Å²) in [6.45, 7) is 3.22. The second kappa shape index (κ2) is 4.44. The molecule has 3 nitrogen and oxygen atoms in total. The Morgan fingerprint density at radius 1 is 1.38 bits per heavy atom. The van der Waals surface area contributed by atoms with Crippen molar-refractivity contribution in [1.82, 2.24) is 15.3 Å². The van der Waals surface area contributed by atoms with Crippen LogP contribution in [-0.4, -0.2) is 16.5 Å². The minimum atomic E-state index is 0. The number of hydrogen-bond donors (Lipinski definition) is 2. The van der Waals surface area contributed by atoms with E-state index in [2.05, 4.69) is 40.4 Å². The van der Waals surface area contributed by atoms with Gasteiger partial charge >= 0.3 is 0 Å². The molecule has 1 aromatic carbocycles. The number of nitrogens with zero attached hydrogens (tertiary/aromatic N) is 1. The number of fused-ring (bicyclic) bond motifs is 1. The molecule has 86 valence electrons. The van der Waals surface area contributed by atoms with Crippen LogP contribution in [0, 0.1) is 6.92 Å². The highest BCUT2D eigenvalue weighted by molar-refractivity contribution is 5.85. The van der Waals surface area contributed by atoms with Gasteiger partial charge in [0.05, 0.1) is 17.1 Å². The maximum Gasteiger partial charge on any atom is 0.124 e. The summed E-state index contributed by atoms with van der Waals surface area (Å²) in [5.41, 5.74) is 3.51. The van der Waals surface area contributed by atoms with E-state index in [0.29, 0.717) is 6.04 Å². The molecule has 0 bridgehead atoms. The summed E-state index contributed by atoms with van der Waals surface area (Å²) < 4.78 is 0. The van der Waals surface area contributed by atoms with E-state index in [1.54, 1.807) is 0 Å². The van der Waals surface area contributed by atoms with Crippen LogP contribution >= 0.6 is 12.4 Å². The molecule has 1 aliphatic heterocycles. The van der Waals surface area contributed by atoms with E-state index in [4.69, 9.17) is 0 Å². The number of imidazole rings is 1. The van der Waals surface area contributed by atoms with Gasteiger partial charge in [-0.3, -0.25) is 0 Å². The van der Waals surface area contributed by atoms with Gasteiger partial charge in [-0.2, -0.15) is 0 Å². The molecule has 3 rings (SSSR count). The van der Waals surface area contributed by atoms with Crippen molar-refractivity contribution in [2.75, 3.05) is 6.54 Å². The van der Waals surface area contributed by atoms with Gasteiger partial charge < -0.3 is 10.3 Å². The fraction of sp³-hybridized carbons (Fsp3) is 0.417. The first kappa shape index (κ1) is 11.4. The van der Waals surface area contributed by atoms with Crippen molar-refractivity contribution in [2.45, 2.75) is 25.8 Å². The molecule has 1 atom stereocenters. The molecular formula is C12H16ClN3. The van der Waals surface area contributed by atoms with E-state index < -0.39 is 0 Å². The molecule has 1 unspecified atom stereocenters. The minimum absolute atomic E-state index is 0. The molecule has 1 aromatic heterocycles. The summed E-state index contributed by atoms with van der Waals surface area (Å²) >= 11 is 0. The number of rotatable bonds is 1. The summed E-state index contributed by atoms with van der Waals surface area (Å²) in [5.74, 6) is 1.09. The summed E-state index contributed by atoms with van der Waals surface area (Å²) in [6, 6.07) is 6.70. The SMILES string of the molecule is Cc1cccc2[nH]c(C3CCCN3)nc12.Cl. The molecule has 16 heavy (non-hydrogen) atoms. The van der Waals surface area contributed by atoms with Crippen LogP contribution in [0.3, 0.4) is 0 Å². The van der Waals surface area contributed by atoms with Gasteiger partial charge in [0, 0.05) is 0 Å². The first-order valence-corrected chi connectivity index (χ1v) is 5.53. The Morgan fingerprint density at radius 3 is 2.94 bits per heavy atom. The van der Waals surface area contributed by atoms with Crippen molar-refractivity contribution in [3.8, 4) is 0 Å². The topological polar surface area (TPSA) is 40.7 Å². The van der Waals surface area contributed by atoms with E-state index in [9.17, 15) is 0 Å². The van der Waals surface area contributed by atoms with Crippen LogP contribution < -0.4 is 5.32 Å². The Balaban J connectivity index is 0.000000963. The largest absolute Gasteiger partial charge is 0.341 e. The van der Waals surface area contributed by atoms with Crippen LogP contribution in [0.15, 0.2) is 18.2 Å². The number of aryl methyl sites for hydroxylation is 1. The predicted octanol–water partition coefficient (Wildman–Crippen LogP) is 2.72.